The minimum Gasteiger partial charge on any atom is -0.381 e. The van der Waals surface area contributed by atoms with Gasteiger partial charge in [-0.25, -0.2) is 0 Å². The molecule has 0 bridgehead atoms. The summed E-state index contributed by atoms with van der Waals surface area (Å²) in [5.74, 6) is 0.780. The Morgan fingerprint density at radius 3 is 1.85 bits per heavy atom. The third-order valence-corrected chi connectivity index (χ3v) is 3.87. The normalized spacial score (nSPS) is 12.8. The van der Waals surface area contributed by atoms with Crippen LogP contribution < -0.4 is 0 Å². The second-order valence-electron chi connectivity index (χ2n) is 5.87. The van der Waals surface area contributed by atoms with Gasteiger partial charge in [-0.15, -0.1) is 0 Å². The van der Waals surface area contributed by atoms with Crippen molar-refractivity contribution in [2.75, 3.05) is 26.4 Å². The van der Waals surface area contributed by atoms with Crippen molar-refractivity contribution in [2.45, 2.75) is 85.0 Å². The van der Waals surface area contributed by atoms with Crippen molar-refractivity contribution in [3.63, 3.8) is 0 Å². The Kier molecular flexibility index (Phi) is 16.9. The Hall–Kier alpha value is -0.0800. The van der Waals surface area contributed by atoms with Gasteiger partial charge in [0.25, 0.3) is 0 Å². The molecule has 1 unspecified atom stereocenters. The zero-order valence-electron chi connectivity index (χ0n) is 14.3. The van der Waals surface area contributed by atoms with Crippen molar-refractivity contribution in [3.8, 4) is 0 Å². The van der Waals surface area contributed by atoms with E-state index >= 15 is 0 Å². The van der Waals surface area contributed by atoms with E-state index in [1.54, 1.807) is 0 Å². The summed E-state index contributed by atoms with van der Waals surface area (Å²) in [7, 11) is 0. The SMILES string of the molecule is CCCCOCCCCCCOCC(CC)CCCC. The lowest BCUT2D eigenvalue weighted by Crippen LogP contribution is -2.09. The minimum absolute atomic E-state index is 0.780. The lowest BCUT2D eigenvalue weighted by Gasteiger charge is -2.14. The summed E-state index contributed by atoms with van der Waals surface area (Å²) in [5.41, 5.74) is 0. The number of rotatable bonds is 16. The van der Waals surface area contributed by atoms with Crippen LogP contribution in [0.15, 0.2) is 0 Å². The van der Waals surface area contributed by atoms with Gasteiger partial charge in [0.05, 0.1) is 0 Å². The second kappa shape index (κ2) is 17.0. The van der Waals surface area contributed by atoms with Gasteiger partial charge in [-0.1, -0.05) is 59.3 Å². The summed E-state index contributed by atoms with van der Waals surface area (Å²) >= 11 is 0. The highest BCUT2D eigenvalue weighted by atomic mass is 16.5. The van der Waals surface area contributed by atoms with Crippen molar-refractivity contribution in [1.29, 1.82) is 0 Å². The molecule has 0 radical (unpaired) electrons. The summed E-state index contributed by atoms with van der Waals surface area (Å²) < 4.78 is 11.4. The van der Waals surface area contributed by atoms with Crippen molar-refractivity contribution in [1.82, 2.24) is 0 Å². The van der Waals surface area contributed by atoms with Crippen LogP contribution in [0, 0.1) is 5.92 Å². The highest BCUT2D eigenvalue weighted by Gasteiger charge is 2.05. The number of hydrogen-bond donors (Lipinski definition) is 0. The maximum Gasteiger partial charge on any atom is 0.0494 e. The van der Waals surface area contributed by atoms with Crippen LogP contribution >= 0.6 is 0 Å². The zero-order chi connectivity index (χ0) is 14.9. The first-order valence-electron chi connectivity index (χ1n) is 9.00. The molecule has 0 aliphatic heterocycles. The number of unbranched alkanes of at least 4 members (excludes halogenated alkanes) is 5. The molecule has 0 aromatic heterocycles. The van der Waals surface area contributed by atoms with E-state index in [-0.39, 0.29) is 0 Å². The average molecular weight is 286 g/mol. The van der Waals surface area contributed by atoms with E-state index in [2.05, 4.69) is 20.8 Å². The summed E-state index contributed by atoms with van der Waals surface area (Å²) in [4.78, 5) is 0. The first-order valence-corrected chi connectivity index (χ1v) is 9.00. The van der Waals surface area contributed by atoms with E-state index in [4.69, 9.17) is 9.47 Å². The lowest BCUT2D eigenvalue weighted by atomic mass is 10.0. The van der Waals surface area contributed by atoms with Gasteiger partial charge in [0.1, 0.15) is 0 Å². The minimum atomic E-state index is 0.780. The maximum absolute atomic E-state index is 5.81. The maximum atomic E-state index is 5.81. The molecule has 0 fully saturated rings. The molecule has 0 heterocycles. The quantitative estimate of drug-likeness (QED) is 0.344. The predicted molar refractivity (Wildman–Crippen MR) is 88.3 cm³/mol. The molecular formula is C18H38O2. The summed E-state index contributed by atoms with van der Waals surface area (Å²) in [5, 5.41) is 0. The van der Waals surface area contributed by atoms with Gasteiger partial charge in [0.2, 0.25) is 0 Å². The molecule has 0 amide bonds. The van der Waals surface area contributed by atoms with Crippen molar-refractivity contribution in [3.05, 3.63) is 0 Å². The van der Waals surface area contributed by atoms with Crippen LogP contribution in [-0.4, -0.2) is 26.4 Å². The topological polar surface area (TPSA) is 18.5 Å². The first kappa shape index (κ1) is 19.9. The van der Waals surface area contributed by atoms with E-state index in [1.807, 2.05) is 0 Å². The van der Waals surface area contributed by atoms with Gasteiger partial charge in [0, 0.05) is 26.4 Å². The molecule has 2 heteroatoms. The molecule has 2 nitrogen and oxygen atoms in total. The van der Waals surface area contributed by atoms with Crippen LogP contribution in [0.25, 0.3) is 0 Å². The lowest BCUT2D eigenvalue weighted by molar-refractivity contribution is 0.0895. The van der Waals surface area contributed by atoms with Gasteiger partial charge in [-0.3, -0.25) is 0 Å². The van der Waals surface area contributed by atoms with E-state index in [9.17, 15) is 0 Å². The standard InChI is InChI=1S/C18H38O2/c1-4-7-13-18(6-3)17-20-16-12-10-9-11-15-19-14-8-5-2/h18H,4-17H2,1-3H3. The fourth-order valence-electron chi connectivity index (χ4n) is 2.26. The summed E-state index contributed by atoms with van der Waals surface area (Å²) in [6.07, 6.45) is 12.6. The third kappa shape index (κ3) is 14.3. The number of ether oxygens (including phenoxy) is 2. The molecule has 0 aromatic carbocycles. The molecule has 0 aliphatic carbocycles. The van der Waals surface area contributed by atoms with Gasteiger partial charge in [-0.2, -0.15) is 0 Å². The highest BCUT2D eigenvalue weighted by Crippen LogP contribution is 2.13. The van der Waals surface area contributed by atoms with Crippen LogP contribution in [0.2, 0.25) is 0 Å². The Morgan fingerprint density at radius 1 is 0.650 bits per heavy atom. The van der Waals surface area contributed by atoms with Crippen LogP contribution in [0.1, 0.15) is 85.0 Å². The number of hydrogen-bond acceptors (Lipinski definition) is 2. The van der Waals surface area contributed by atoms with E-state index in [0.717, 1.165) is 32.3 Å². The Morgan fingerprint density at radius 2 is 1.25 bits per heavy atom. The molecule has 0 saturated heterocycles. The zero-order valence-corrected chi connectivity index (χ0v) is 14.3. The van der Waals surface area contributed by atoms with Crippen LogP contribution in [0.3, 0.4) is 0 Å². The Labute approximate surface area is 127 Å². The van der Waals surface area contributed by atoms with Gasteiger partial charge < -0.3 is 9.47 Å². The molecule has 122 valence electrons. The van der Waals surface area contributed by atoms with Crippen molar-refractivity contribution in [2.24, 2.45) is 5.92 Å². The van der Waals surface area contributed by atoms with Gasteiger partial charge >= 0.3 is 0 Å². The molecular weight excluding hydrogens is 248 g/mol. The molecule has 0 N–H and O–H groups in total. The summed E-state index contributed by atoms with van der Waals surface area (Å²) in [6.45, 7) is 10.5. The molecule has 0 spiro atoms. The fourth-order valence-corrected chi connectivity index (χ4v) is 2.26. The van der Waals surface area contributed by atoms with Gasteiger partial charge in [0.15, 0.2) is 0 Å². The molecule has 1 atom stereocenters. The van der Waals surface area contributed by atoms with Crippen LogP contribution in [0.5, 0.6) is 0 Å². The molecule has 0 aliphatic rings. The largest absolute Gasteiger partial charge is 0.381 e. The Bertz CT molecular complexity index is 171. The first-order chi connectivity index (χ1) is 9.85. The fraction of sp³-hybridized carbons (Fsp3) is 1.00. The van der Waals surface area contributed by atoms with Crippen LogP contribution in [-0.2, 0) is 9.47 Å². The Balaban J connectivity index is 3.15. The predicted octanol–water partition coefficient (Wildman–Crippen LogP) is 5.60. The smallest absolute Gasteiger partial charge is 0.0494 e. The molecule has 0 rings (SSSR count). The third-order valence-electron chi connectivity index (χ3n) is 3.87. The van der Waals surface area contributed by atoms with E-state index in [1.165, 1.54) is 64.2 Å². The summed E-state index contributed by atoms with van der Waals surface area (Å²) in [6, 6.07) is 0. The highest BCUT2D eigenvalue weighted by molar-refractivity contribution is 4.56. The molecule has 0 aromatic rings. The van der Waals surface area contributed by atoms with Gasteiger partial charge in [-0.05, 0) is 31.6 Å². The monoisotopic (exact) mass is 286 g/mol. The molecule has 20 heavy (non-hydrogen) atoms. The van der Waals surface area contributed by atoms with Crippen molar-refractivity contribution >= 4 is 0 Å². The van der Waals surface area contributed by atoms with E-state index < -0.39 is 0 Å². The van der Waals surface area contributed by atoms with Crippen LogP contribution in [0.4, 0.5) is 0 Å². The van der Waals surface area contributed by atoms with Crippen molar-refractivity contribution < 1.29 is 9.47 Å². The second-order valence-corrected chi connectivity index (χ2v) is 5.87. The average Bonchev–Trinajstić information content (AvgIpc) is 2.48. The van der Waals surface area contributed by atoms with E-state index in [0.29, 0.717) is 0 Å². The molecule has 0 saturated carbocycles.